The highest BCUT2D eigenvalue weighted by atomic mass is 16.7. The van der Waals surface area contributed by atoms with Crippen LogP contribution in [-0.2, 0) is 9.63 Å². The molecule has 0 bridgehead atoms. The molecule has 2 saturated carbocycles. The highest BCUT2D eigenvalue weighted by Gasteiger charge is 2.56. The van der Waals surface area contributed by atoms with Crippen LogP contribution in [0, 0.1) is 11.3 Å². The molecular weight excluding hydrogens is 258 g/mol. The van der Waals surface area contributed by atoms with Crippen molar-refractivity contribution in [2.75, 3.05) is 0 Å². The second-order valence-corrected chi connectivity index (χ2v) is 5.97. The number of hydrogen-bond acceptors (Lipinski definition) is 4. The lowest BCUT2D eigenvalue weighted by Gasteiger charge is -2.34. The van der Waals surface area contributed by atoms with E-state index in [0.29, 0.717) is 10.5 Å². The van der Waals surface area contributed by atoms with Crippen molar-refractivity contribution >= 4 is 17.8 Å². The molecular formula is C15H13NO4. The smallest absolute Gasteiger partial charge is 0.329 e. The van der Waals surface area contributed by atoms with E-state index >= 15 is 0 Å². The molecule has 3 aliphatic rings. The molecule has 5 heteroatoms. The molecule has 1 aromatic rings. The first-order valence-corrected chi connectivity index (χ1v) is 6.79. The zero-order chi connectivity index (χ0) is 13.9. The minimum Gasteiger partial charge on any atom is -0.329 e. The Morgan fingerprint density at radius 2 is 1.65 bits per heavy atom. The molecule has 0 unspecified atom stereocenters. The number of hydroxylamine groups is 2. The van der Waals surface area contributed by atoms with Crippen LogP contribution >= 0.6 is 0 Å². The number of carbonyl (C=O) groups is 3. The van der Waals surface area contributed by atoms with Gasteiger partial charge >= 0.3 is 5.97 Å². The van der Waals surface area contributed by atoms with Crippen LogP contribution in [0.1, 0.15) is 46.4 Å². The molecule has 0 saturated heterocycles. The summed E-state index contributed by atoms with van der Waals surface area (Å²) in [5.41, 5.74) is 0.959. The van der Waals surface area contributed by atoms with E-state index in [1.54, 1.807) is 24.3 Å². The Balaban J connectivity index is 1.49. The number of hydrogen-bond donors (Lipinski definition) is 0. The average Bonchev–Trinajstić information content (AvgIpc) is 3.18. The molecule has 1 aromatic carbocycles. The zero-order valence-corrected chi connectivity index (χ0v) is 10.8. The van der Waals surface area contributed by atoms with Crippen LogP contribution in [0.25, 0.3) is 0 Å². The van der Waals surface area contributed by atoms with Gasteiger partial charge in [-0.3, -0.25) is 9.59 Å². The summed E-state index contributed by atoms with van der Waals surface area (Å²) < 4.78 is 0. The molecule has 0 radical (unpaired) electrons. The van der Waals surface area contributed by atoms with Crippen molar-refractivity contribution in [2.24, 2.45) is 11.3 Å². The summed E-state index contributed by atoms with van der Waals surface area (Å²) in [6.07, 6.45) is 4.03. The Kier molecular flexibility index (Phi) is 2.14. The van der Waals surface area contributed by atoms with Gasteiger partial charge in [0.15, 0.2) is 0 Å². The first-order chi connectivity index (χ1) is 9.60. The van der Waals surface area contributed by atoms with Gasteiger partial charge in [0.1, 0.15) is 0 Å². The molecule has 102 valence electrons. The summed E-state index contributed by atoms with van der Waals surface area (Å²) >= 11 is 0. The Hall–Kier alpha value is -2.17. The molecule has 2 aliphatic carbocycles. The van der Waals surface area contributed by atoms with E-state index in [1.807, 2.05) is 0 Å². The fourth-order valence-corrected chi connectivity index (χ4v) is 3.15. The molecule has 1 aliphatic heterocycles. The molecule has 2 amide bonds. The van der Waals surface area contributed by atoms with Crippen LogP contribution in [0.15, 0.2) is 24.3 Å². The zero-order valence-electron chi connectivity index (χ0n) is 10.8. The van der Waals surface area contributed by atoms with Crippen LogP contribution in [0.3, 0.4) is 0 Å². The fraction of sp³-hybridized carbons (Fsp3) is 0.400. The number of carbonyl (C=O) groups excluding carboxylic acids is 3. The molecule has 4 rings (SSSR count). The summed E-state index contributed by atoms with van der Waals surface area (Å²) in [5, 5.41) is 0.602. The second-order valence-electron chi connectivity index (χ2n) is 5.97. The predicted molar refractivity (Wildman–Crippen MR) is 67.4 cm³/mol. The Morgan fingerprint density at radius 1 is 1.10 bits per heavy atom. The number of fused-ring (bicyclic) bond motifs is 1. The molecule has 1 spiro atoms. The van der Waals surface area contributed by atoms with Crippen molar-refractivity contribution in [1.29, 1.82) is 0 Å². The number of imide groups is 1. The van der Waals surface area contributed by atoms with E-state index in [0.717, 1.165) is 12.8 Å². The summed E-state index contributed by atoms with van der Waals surface area (Å²) in [7, 11) is 0. The molecule has 0 aromatic heterocycles. The number of nitrogens with zero attached hydrogens (tertiary/aromatic N) is 1. The van der Waals surface area contributed by atoms with Crippen molar-refractivity contribution in [3.63, 3.8) is 0 Å². The van der Waals surface area contributed by atoms with Gasteiger partial charge in [-0.2, -0.15) is 0 Å². The number of benzene rings is 1. The maximum Gasteiger partial charge on any atom is 0.336 e. The van der Waals surface area contributed by atoms with Crippen molar-refractivity contribution in [2.45, 2.75) is 25.7 Å². The number of amides is 2. The second kappa shape index (κ2) is 3.69. The van der Waals surface area contributed by atoms with Gasteiger partial charge in [0.25, 0.3) is 11.8 Å². The lowest BCUT2D eigenvalue weighted by atomic mass is 9.72. The number of rotatable bonds is 2. The van der Waals surface area contributed by atoms with E-state index in [2.05, 4.69) is 0 Å². The Labute approximate surface area is 115 Å². The van der Waals surface area contributed by atoms with Crippen LogP contribution < -0.4 is 0 Å². The van der Waals surface area contributed by atoms with Crippen molar-refractivity contribution in [3.8, 4) is 0 Å². The van der Waals surface area contributed by atoms with Gasteiger partial charge < -0.3 is 4.84 Å². The highest BCUT2D eigenvalue weighted by molar-refractivity contribution is 6.20. The van der Waals surface area contributed by atoms with Gasteiger partial charge in [-0.15, -0.1) is 0 Å². The largest absolute Gasteiger partial charge is 0.336 e. The van der Waals surface area contributed by atoms with E-state index in [-0.39, 0.29) is 17.0 Å². The first kappa shape index (κ1) is 11.6. The third-order valence-electron chi connectivity index (χ3n) is 4.59. The molecule has 0 N–H and O–H groups in total. The van der Waals surface area contributed by atoms with Gasteiger partial charge in [-0.1, -0.05) is 17.2 Å². The lowest BCUT2D eigenvalue weighted by Crippen LogP contribution is -2.39. The fourth-order valence-electron chi connectivity index (χ4n) is 3.15. The van der Waals surface area contributed by atoms with E-state index in [9.17, 15) is 14.4 Å². The van der Waals surface area contributed by atoms with Crippen LogP contribution in [0.2, 0.25) is 0 Å². The molecule has 1 heterocycles. The standard InChI is InChI=1S/C15H13NO4/c17-12-10-3-1-2-4-11(10)13(18)16(12)20-14(19)9-7-15(8-9)5-6-15/h1-4,9H,5-8H2. The molecule has 2 fully saturated rings. The summed E-state index contributed by atoms with van der Waals surface area (Å²) in [6.45, 7) is 0. The van der Waals surface area contributed by atoms with Crippen molar-refractivity contribution in [1.82, 2.24) is 5.06 Å². The van der Waals surface area contributed by atoms with E-state index in [1.165, 1.54) is 12.8 Å². The van der Waals surface area contributed by atoms with Crippen LogP contribution in [0.5, 0.6) is 0 Å². The van der Waals surface area contributed by atoms with Gasteiger partial charge in [0.2, 0.25) is 0 Å². The maximum atomic E-state index is 12.0. The Bertz CT molecular complexity index is 604. The quantitative estimate of drug-likeness (QED) is 0.771. The van der Waals surface area contributed by atoms with Gasteiger partial charge in [-0.05, 0) is 43.2 Å². The van der Waals surface area contributed by atoms with Crippen LogP contribution in [0.4, 0.5) is 0 Å². The van der Waals surface area contributed by atoms with Crippen molar-refractivity contribution < 1.29 is 19.2 Å². The summed E-state index contributed by atoms with van der Waals surface area (Å²) in [6, 6.07) is 6.48. The third-order valence-corrected chi connectivity index (χ3v) is 4.59. The SMILES string of the molecule is O=C(ON1C(=O)c2ccccc2C1=O)C1CC2(CC2)C1. The lowest BCUT2D eigenvalue weighted by molar-refractivity contribution is -0.179. The van der Waals surface area contributed by atoms with Crippen LogP contribution in [-0.4, -0.2) is 22.8 Å². The maximum absolute atomic E-state index is 12.0. The van der Waals surface area contributed by atoms with Gasteiger partial charge in [-0.25, -0.2) is 4.79 Å². The van der Waals surface area contributed by atoms with E-state index in [4.69, 9.17) is 4.84 Å². The topological polar surface area (TPSA) is 63.7 Å². The minimum atomic E-state index is -0.556. The van der Waals surface area contributed by atoms with Gasteiger partial charge in [0, 0.05) is 0 Å². The monoisotopic (exact) mass is 271 g/mol. The van der Waals surface area contributed by atoms with E-state index < -0.39 is 17.8 Å². The van der Waals surface area contributed by atoms with Crippen molar-refractivity contribution in [3.05, 3.63) is 35.4 Å². The molecule has 20 heavy (non-hydrogen) atoms. The average molecular weight is 271 g/mol. The molecule has 0 atom stereocenters. The first-order valence-electron chi connectivity index (χ1n) is 6.79. The highest BCUT2D eigenvalue weighted by Crippen LogP contribution is 2.63. The predicted octanol–water partition coefficient (Wildman–Crippen LogP) is 1.93. The molecule has 5 nitrogen and oxygen atoms in total. The summed E-state index contributed by atoms with van der Waals surface area (Å²) in [5.74, 6) is -1.74. The third kappa shape index (κ3) is 1.52. The normalized spacial score (nSPS) is 22.7. The van der Waals surface area contributed by atoms with Gasteiger partial charge in [0.05, 0.1) is 17.0 Å². The summed E-state index contributed by atoms with van der Waals surface area (Å²) in [4.78, 5) is 41.1. The Morgan fingerprint density at radius 3 is 2.15 bits per heavy atom. The minimum absolute atomic E-state index is 0.165.